The summed E-state index contributed by atoms with van der Waals surface area (Å²) in [5, 5.41) is 16.6. The number of thiazole rings is 1. The molecule has 5 aromatic rings. The average molecular weight is 638 g/mol. The lowest BCUT2D eigenvalue weighted by Crippen LogP contribution is -2.39. The number of allylic oxidation sites excluding steroid dienone is 1. The summed E-state index contributed by atoms with van der Waals surface area (Å²) >= 11 is 1.16. The molecule has 2 aromatic heterocycles. The van der Waals surface area contributed by atoms with E-state index in [9.17, 15) is 19.7 Å². The number of hydrogen-bond acceptors (Lipinski definition) is 10. The number of carbonyl (C=O) groups excluding carboxylic acids is 1. The van der Waals surface area contributed by atoms with Gasteiger partial charge in [0.25, 0.3) is 5.56 Å². The second-order valence-corrected chi connectivity index (χ2v) is 11.2. The maximum atomic E-state index is 14.2. The van der Waals surface area contributed by atoms with E-state index in [0.717, 1.165) is 17.0 Å². The minimum absolute atomic E-state index is 0.112. The molecule has 1 aliphatic rings. The molecular weight excluding hydrogens is 610 g/mol. The zero-order chi connectivity index (χ0) is 32.5. The van der Waals surface area contributed by atoms with Gasteiger partial charge in [0.05, 0.1) is 53.8 Å². The van der Waals surface area contributed by atoms with E-state index < -0.39 is 16.9 Å². The van der Waals surface area contributed by atoms with Crippen LogP contribution in [-0.2, 0) is 9.53 Å². The van der Waals surface area contributed by atoms with Crippen molar-refractivity contribution < 1.29 is 23.9 Å². The van der Waals surface area contributed by atoms with E-state index in [0.29, 0.717) is 43.2 Å². The molecule has 0 saturated carbocycles. The van der Waals surface area contributed by atoms with Crippen molar-refractivity contribution in [1.29, 1.82) is 0 Å². The standard InChI is InChI=1S/C33H27N5O7S/c1-19-28(32(40)45-4)30(20-10-13-24(43-2)14-11-20)37-31(39)27(46-33(37)34-19)17-22-18-36(23-8-6-5-7-9-23)35-29(22)21-12-15-26(44-3)25(16-21)38(41)42/h5-18,30H,1-4H3/b27-17-. The Morgan fingerprint density at radius 3 is 2.41 bits per heavy atom. The van der Waals surface area contributed by atoms with Gasteiger partial charge in [0.15, 0.2) is 10.6 Å². The van der Waals surface area contributed by atoms with E-state index in [2.05, 4.69) is 4.99 Å². The lowest BCUT2D eigenvalue weighted by molar-refractivity contribution is -0.385. The van der Waals surface area contributed by atoms with Crippen LogP contribution in [-0.4, -0.2) is 46.6 Å². The van der Waals surface area contributed by atoms with E-state index in [1.165, 1.54) is 30.9 Å². The molecule has 46 heavy (non-hydrogen) atoms. The Morgan fingerprint density at radius 1 is 1.02 bits per heavy atom. The first-order chi connectivity index (χ1) is 22.2. The number of rotatable bonds is 8. The van der Waals surface area contributed by atoms with Crippen LogP contribution in [0.1, 0.15) is 24.1 Å². The summed E-state index contributed by atoms with van der Waals surface area (Å²) in [6, 6.07) is 20.2. The van der Waals surface area contributed by atoms with Crippen molar-refractivity contribution in [3.63, 3.8) is 0 Å². The van der Waals surface area contributed by atoms with E-state index in [4.69, 9.17) is 19.3 Å². The SMILES string of the molecule is COC(=O)C1=C(C)N=c2s/c(=C\c3cn(-c4ccccc4)nc3-c3ccc(OC)c([N+](=O)[O-])c3)c(=O)n2C1c1ccc(OC)cc1. The van der Waals surface area contributed by atoms with Crippen molar-refractivity contribution >= 4 is 29.1 Å². The van der Waals surface area contributed by atoms with Gasteiger partial charge in [0, 0.05) is 23.4 Å². The number of benzene rings is 3. The third-order valence-corrected chi connectivity index (χ3v) is 8.54. The molecule has 6 rings (SSSR count). The van der Waals surface area contributed by atoms with Gasteiger partial charge in [-0.25, -0.2) is 14.5 Å². The molecule has 3 heterocycles. The van der Waals surface area contributed by atoms with Gasteiger partial charge in [0.1, 0.15) is 11.4 Å². The molecule has 0 fully saturated rings. The van der Waals surface area contributed by atoms with Crippen LogP contribution in [0.2, 0.25) is 0 Å². The summed E-state index contributed by atoms with van der Waals surface area (Å²) < 4.78 is 19.1. The smallest absolute Gasteiger partial charge is 0.338 e. The third-order valence-electron chi connectivity index (χ3n) is 7.56. The third kappa shape index (κ3) is 5.37. The van der Waals surface area contributed by atoms with E-state index in [-0.39, 0.29) is 22.6 Å². The first-order valence-electron chi connectivity index (χ1n) is 14.0. The number of esters is 1. The Bertz CT molecular complexity index is 2200. The van der Waals surface area contributed by atoms with E-state index >= 15 is 0 Å². The summed E-state index contributed by atoms with van der Waals surface area (Å²) in [6.07, 6.45) is 3.44. The van der Waals surface area contributed by atoms with Crippen LogP contribution in [0.5, 0.6) is 11.5 Å². The number of fused-ring (bicyclic) bond motifs is 1. The minimum atomic E-state index is -0.799. The van der Waals surface area contributed by atoms with Crippen molar-refractivity contribution in [2.45, 2.75) is 13.0 Å². The van der Waals surface area contributed by atoms with Gasteiger partial charge < -0.3 is 14.2 Å². The highest BCUT2D eigenvalue weighted by molar-refractivity contribution is 7.07. The average Bonchev–Trinajstić information content (AvgIpc) is 3.64. The second-order valence-electron chi connectivity index (χ2n) is 10.2. The van der Waals surface area contributed by atoms with Crippen LogP contribution in [0.3, 0.4) is 0 Å². The molecule has 0 radical (unpaired) electrons. The van der Waals surface area contributed by atoms with Gasteiger partial charge in [-0.2, -0.15) is 5.10 Å². The van der Waals surface area contributed by atoms with Crippen molar-refractivity contribution in [3.8, 4) is 28.4 Å². The number of carbonyl (C=O) groups is 1. The maximum Gasteiger partial charge on any atom is 0.338 e. The summed E-state index contributed by atoms with van der Waals surface area (Å²) in [5.74, 6) is 0.142. The molecule has 0 aliphatic carbocycles. The van der Waals surface area contributed by atoms with Gasteiger partial charge >= 0.3 is 11.7 Å². The minimum Gasteiger partial charge on any atom is -0.497 e. The highest BCUT2D eigenvalue weighted by Gasteiger charge is 2.33. The zero-order valence-corrected chi connectivity index (χ0v) is 26.0. The molecule has 232 valence electrons. The highest BCUT2D eigenvalue weighted by atomic mass is 32.1. The van der Waals surface area contributed by atoms with Crippen molar-refractivity contribution in [2.24, 2.45) is 4.99 Å². The first kappa shape index (κ1) is 30.2. The molecule has 0 amide bonds. The Hall–Kier alpha value is -5.82. The number of ether oxygens (including phenoxy) is 3. The molecule has 0 N–H and O–H groups in total. The van der Waals surface area contributed by atoms with Crippen LogP contribution in [0, 0.1) is 10.1 Å². The largest absolute Gasteiger partial charge is 0.497 e. The topological polar surface area (TPSA) is 140 Å². The number of nitro groups is 1. The lowest BCUT2D eigenvalue weighted by Gasteiger charge is -2.24. The molecule has 1 atom stereocenters. The lowest BCUT2D eigenvalue weighted by atomic mass is 9.96. The van der Waals surface area contributed by atoms with Gasteiger partial charge in [-0.15, -0.1) is 0 Å². The first-order valence-corrected chi connectivity index (χ1v) is 14.8. The number of para-hydroxylation sites is 1. The van der Waals surface area contributed by atoms with Crippen molar-refractivity contribution in [1.82, 2.24) is 14.3 Å². The van der Waals surface area contributed by atoms with Crippen LogP contribution < -0.4 is 24.4 Å². The van der Waals surface area contributed by atoms with Gasteiger partial charge in [-0.3, -0.25) is 19.5 Å². The van der Waals surface area contributed by atoms with E-state index in [1.807, 2.05) is 30.3 Å². The fraction of sp³-hybridized carbons (Fsp3) is 0.152. The molecule has 0 saturated heterocycles. The van der Waals surface area contributed by atoms with Gasteiger partial charge in [0.2, 0.25) is 0 Å². The van der Waals surface area contributed by atoms with Crippen molar-refractivity contribution in [3.05, 3.63) is 131 Å². The second kappa shape index (κ2) is 12.3. The van der Waals surface area contributed by atoms with Crippen LogP contribution in [0.15, 0.2) is 100 Å². The Labute approximate surface area is 265 Å². The summed E-state index contributed by atoms with van der Waals surface area (Å²) in [4.78, 5) is 43.5. The predicted molar refractivity (Wildman–Crippen MR) is 171 cm³/mol. The number of hydrogen-bond donors (Lipinski definition) is 0. The Morgan fingerprint density at radius 2 is 1.76 bits per heavy atom. The molecule has 0 bridgehead atoms. The summed E-state index contributed by atoms with van der Waals surface area (Å²) in [6.45, 7) is 1.71. The molecule has 13 heteroatoms. The van der Waals surface area contributed by atoms with Crippen LogP contribution in [0.4, 0.5) is 5.69 Å². The molecular formula is C33H27N5O7S. The van der Waals surface area contributed by atoms with Gasteiger partial charge in [-0.1, -0.05) is 41.7 Å². The Kier molecular flexibility index (Phi) is 8.07. The quantitative estimate of drug-likeness (QED) is 0.140. The van der Waals surface area contributed by atoms with Crippen LogP contribution in [0.25, 0.3) is 23.0 Å². The zero-order valence-electron chi connectivity index (χ0n) is 25.2. The summed E-state index contributed by atoms with van der Waals surface area (Å²) in [5.41, 5.74) is 2.93. The highest BCUT2D eigenvalue weighted by Crippen LogP contribution is 2.34. The number of nitro benzene ring substituents is 1. The van der Waals surface area contributed by atoms with E-state index in [1.54, 1.807) is 61.3 Å². The number of methoxy groups -OCH3 is 3. The molecule has 1 aliphatic heterocycles. The molecule has 1 unspecified atom stereocenters. The monoisotopic (exact) mass is 637 g/mol. The fourth-order valence-corrected chi connectivity index (χ4v) is 6.38. The fourth-order valence-electron chi connectivity index (χ4n) is 5.35. The maximum absolute atomic E-state index is 14.2. The number of nitrogens with zero attached hydrogens (tertiary/aromatic N) is 5. The Balaban J connectivity index is 1.57. The molecule has 0 spiro atoms. The molecule has 3 aromatic carbocycles. The summed E-state index contributed by atoms with van der Waals surface area (Å²) in [7, 11) is 4.21. The number of aromatic nitrogens is 3. The molecule has 12 nitrogen and oxygen atoms in total. The van der Waals surface area contributed by atoms with Gasteiger partial charge in [-0.05, 0) is 55.0 Å². The predicted octanol–water partition coefficient (Wildman–Crippen LogP) is 4.19. The normalized spacial score (nSPS) is 14.4. The van der Waals surface area contributed by atoms with Crippen molar-refractivity contribution in [2.75, 3.05) is 21.3 Å². The van der Waals surface area contributed by atoms with Crippen LogP contribution >= 0.6 is 11.3 Å².